The highest BCUT2D eigenvalue weighted by Gasteiger charge is 2.08. The Morgan fingerprint density at radius 3 is 2.80 bits per heavy atom. The predicted octanol–water partition coefficient (Wildman–Crippen LogP) is 1.52. The number of aromatic nitrogens is 2. The number of aliphatic hydroxyl groups is 1. The molecule has 4 nitrogen and oxygen atoms in total. The fourth-order valence-corrected chi connectivity index (χ4v) is 1.60. The molecule has 0 aliphatic rings. The summed E-state index contributed by atoms with van der Waals surface area (Å²) in [5, 5.41) is 19.2. The first-order chi connectivity index (χ1) is 7.22. The summed E-state index contributed by atoms with van der Waals surface area (Å²) in [4.78, 5) is 8.14. The molecule has 0 fully saturated rings. The van der Waals surface area contributed by atoms with Gasteiger partial charge in [-0.2, -0.15) is 0 Å². The first kappa shape index (κ1) is 10.1. The number of nitrogens with zero attached hydrogens (tertiary/aromatic N) is 2. The molecule has 0 aliphatic heterocycles. The molecule has 2 rings (SSSR count). The summed E-state index contributed by atoms with van der Waals surface area (Å²) >= 11 is 5.93. The fourth-order valence-electron chi connectivity index (χ4n) is 1.35. The molecule has 0 saturated heterocycles. The smallest absolute Gasteiger partial charge is 0.141 e. The van der Waals surface area contributed by atoms with Crippen LogP contribution in [-0.2, 0) is 6.42 Å². The molecule has 0 spiro atoms. The maximum Gasteiger partial charge on any atom is 0.141 e. The van der Waals surface area contributed by atoms with Gasteiger partial charge in [-0.15, -0.1) is 0 Å². The highest BCUT2D eigenvalue weighted by Crippen LogP contribution is 2.26. The molecule has 1 aromatic carbocycles. The normalized spacial score (nSPS) is 10.8. The van der Waals surface area contributed by atoms with Gasteiger partial charge in [-0.3, -0.25) is 0 Å². The van der Waals surface area contributed by atoms with Gasteiger partial charge in [0.05, 0.1) is 6.61 Å². The molecular weight excluding hydrogens is 216 g/mol. The molecular formula is C10H9ClN2O2. The number of rotatable bonds is 2. The molecule has 2 aromatic rings. The van der Waals surface area contributed by atoms with E-state index in [9.17, 15) is 5.11 Å². The number of hydrogen-bond donors (Lipinski definition) is 2. The molecule has 0 atom stereocenters. The quantitative estimate of drug-likeness (QED) is 0.760. The molecule has 0 unspecified atom stereocenters. The van der Waals surface area contributed by atoms with E-state index in [0.717, 1.165) is 0 Å². The van der Waals surface area contributed by atoms with Crippen LogP contribution in [0.5, 0.6) is 5.75 Å². The summed E-state index contributed by atoms with van der Waals surface area (Å²) in [6, 6.07) is 4.95. The van der Waals surface area contributed by atoms with Gasteiger partial charge in [0.15, 0.2) is 0 Å². The molecule has 0 bridgehead atoms. The lowest BCUT2D eigenvalue weighted by Gasteiger charge is -2.04. The second-order valence-corrected chi connectivity index (χ2v) is 3.44. The van der Waals surface area contributed by atoms with Crippen LogP contribution in [0.1, 0.15) is 5.82 Å². The number of halogens is 1. The Kier molecular flexibility index (Phi) is 2.70. The second kappa shape index (κ2) is 4.00. The highest BCUT2D eigenvalue weighted by atomic mass is 35.5. The third-order valence-corrected chi connectivity index (χ3v) is 2.33. The van der Waals surface area contributed by atoms with Gasteiger partial charge >= 0.3 is 0 Å². The number of phenolic OH excluding ortho intramolecular Hbond substituents is 1. The standard InChI is InChI=1S/C10H9ClN2O2/c11-10-6-2-1-3-7(15)9(6)12-8(13-10)4-5-14/h1-3,14-15H,4-5H2. The van der Waals surface area contributed by atoms with Crippen molar-refractivity contribution in [1.29, 1.82) is 0 Å². The lowest BCUT2D eigenvalue weighted by Crippen LogP contribution is -1.99. The van der Waals surface area contributed by atoms with Crippen molar-refractivity contribution < 1.29 is 10.2 Å². The first-order valence-electron chi connectivity index (χ1n) is 4.47. The van der Waals surface area contributed by atoms with Crippen LogP contribution in [0.15, 0.2) is 18.2 Å². The van der Waals surface area contributed by atoms with E-state index in [1.165, 1.54) is 6.07 Å². The largest absolute Gasteiger partial charge is 0.506 e. The van der Waals surface area contributed by atoms with Gasteiger partial charge in [0, 0.05) is 11.8 Å². The third kappa shape index (κ3) is 1.86. The minimum Gasteiger partial charge on any atom is -0.506 e. The van der Waals surface area contributed by atoms with Crippen LogP contribution >= 0.6 is 11.6 Å². The Labute approximate surface area is 91.2 Å². The molecule has 0 aliphatic carbocycles. The zero-order valence-electron chi connectivity index (χ0n) is 7.81. The van der Waals surface area contributed by atoms with E-state index in [4.69, 9.17) is 16.7 Å². The SMILES string of the molecule is OCCc1nc(Cl)c2cccc(O)c2n1. The molecule has 0 amide bonds. The Morgan fingerprint density at radius 2 is 2.07 bits per heavy atom. The lowest BCUT2D eigenvalue weighted by molar-refractivity contribution is 0.296. The molecule has 78 valence electrons. The van der Waals surface area contributed by atoms with Crippen LogP contribution in [-0.4, -0.2) is 26.8 Å². The van der Waals surface area contributed by atoms with Gasteiger partial charge in [0.2, 0.25) is 0 Å². The van der Waals surface area contributed by atoms with Crippen molar-refractivity contribution in [1.82, 2.24) is 9.97 Å². The summed E-state index contributed by atoms with van der Waals surface area (Å²) in [6.07, 6.45) is 0.323. The summed E-state index contributed by atoms with van der Waals surface area (Å²) < 4.78 is 0. The Hall–Kier alpha value is -1.39. The topological polar surface area (TPSA) is 66.2 Å². The Morgan fingerprint density at radius 1 is 1.27 bits per heavy atom. The van der Waals surface area contributed by atoms with Crippen molar-refractivity contribution in [3.05, 3.63) is 29.2 Å². The molecule has 5 heteroatoms. The van der Waals surface area contributed by atoms with E-state index in [0.29, 0.717) is 28.3 Å². The number of para-hydroxylation sites is 1. The van der Waals surface area contributed by atoms with Gasteiger partial charge in [0.1, 0.15) is 22.2 Å². The van der Waals surface area contributed by atoms with Crippen molar-refractivity contribution in [2.75, 3.05) is 6.61 Å². The number of benzene rings is 1. The van der Waals surface area contributed by atoms with Crippen LogP contribution < -0.4 is 0 Å². The number of phenols is 1. The number of aliphatic hydroxyl groups excluding tert-OH is 1. The van der Waals surface area contributed by atoms with Gasteiger partial charge < -0.3 is 10.2 Å². The van der Waals surface area contributed by atoms with Crippen LogP contribution in [0.4, 0.5) is 0 Å². The van der Waals surface area contributed by atoms with Gasteiger partial charge in [-0.25, -0.2) is 9.97 Å². The van der Waals surface area contributed by atoms with Gasteiger partial charge in [0.25, 0.3) is 0 Å². The minimum atomic E-state index is -0.0462. The average Bonchev–Trinajstić information content (AvgIpc) is 2.20. The fraction of sp³-hybridized carbons (Fsp3) is 0.200. The second-order valence-electron chi connectivity index (χ2n) is 3.08. The van der Waals surface area contributed by atoms with E-state index in [-0.39, 0.29) is 12.4 Å². The molecule has 0 saturated carbocycles. The molecule has 1 heterocycles. The van der Waals surface area contributed by atoms with Gasteiger partial charge in [-0.05, 0) is 12.1 Å². The van der Waals surface area contributed by atoms with E-state index < -0.39 is 0 Å². The first-order valence-corrected chi connectivity index (χ1v) is 4.85. The number of fused-ring (bicyclic) bond motifs is 1. The molecule has 1 aromatic heterocycles. The summed E-state index contributed by atoms with van der Waals surface area (Å²) in [7, 11) is 0. The van der Waals surface area contributed by atoms with Crippen LogP contribution in [0, 0.1) is 0 Å². The Bertz CT molecular complexity index is 502. The third-order valence-electron chi connectivity index (χ3n) is 2.04. The number of aromatic hydroxyl groups is 1. The summed E-state index contributed by atoms with van der Waals surface area (Å²) in [5.41, 5.74) is 0.418. The van der Waals surface area contributed by atoms with Gasteiger partial charge in [-0.1, -0.05) is 17.7 Å². The zero-order chi connectivity index (χ0) is 10.8. The van der Waals surface area contributed by atoms with Crippen LogP contribution in [0.2, 0.25) is 5.15 Å². The summed E-state index contributed by atoms with van der Waals surface area (Å²) in [6.45, 7) is -0.0462. The van der Waals surface area contributed by atoms with E-state index >= 15 is 0 Å². The Balaban J connectivity index is 2.68. The van der Waals surface area contributed by atoms with Crippen molar-refractivity contribution in [3.8, 4) is 5.75 Å². The predicted molar refractivity (Wildman–Crippen MR) is 57.0 cm³/mol. The maximum absolute atomic E-state index is 9.58. The average molecular weight is 225 g/mol. The number of hydrogen-bond acceptors (Lipinski definition) is 4. The van der Waals surface area contributed by atoms with Crippen molar-refractivity contribution in [2.24, 2.45) is 0 Å². The van der Waals surface area contributed by atoms with Crippen LogP contribution in [0.25, 0.3) is 10.9 Å². The molecule has 15 heavy (non-hydrogen) atoms. The van der Waals surface area contributed by atoms with E-state index in [1.54, 1.807) is 12.1 Å². The van der Waals surface area contributed by atoms with Crippen LogP contribution in [0.3, 0.4) is 0 Å². The van der Waals surface area contributed by atoms with Crippen molar-refractivity contribution in [2.45, 2.75) is 6.42 Å². The van der Waals surface area contributed by atoms with Crippen molar-refractivity contribution in [3.63, 3.8) is 0 Å². The molecule has 0 radical (unpaired) electrons. The zero-order valence-corrected chi connectivity index (χ0v) is 8.57. The van der Waals surface area contributed by atoms with E-state index in [1.807, 2.05) is 0 Å². The monoisotopic (exact) mass is 224 g/mol. The lowest BCUT2D eigenvalue weighted by atomic mass is 10.2. The minimum absolute atomic E-state index is 0.0462. The summed E-state index contributed by atoms with van der Waals surface area (Å²) in [5.74, 6) is 0.493. The molecule has 2 N–H and O–H groups in total. The van der Waals surface area contributed by atoms with E-state index in [2.05, 4.69) is 9.97 Å². The maximum atomic E-state index is 9.58. The highest BCUT2D eigenvalue weighted by molar-refractivity contribution is 6.34. The van der Waals surface area contributed by atoms with Crippen molar-refractivity contribution >= 4 is 22.5 Å².